The Morgan fingerprint density at radius 3 is 2.22 bits per heavy atom. The summed E-state index contributed by atoms with van der Waals surface area (Å²) in [6.45, 7) is 0. The topological polar surface area (TPSA) is 37.3 Å². The van der Waals surface area contributed by atoms with Gasteiger partial charge in [-0.25, -0.2) is 0 Å². The molecule has 0 aromatic carbocycles. The van der Waals surface area contributed by atoms with Crippen LogP contribution in [0.15, 0.2) is 0 Å². The van der Waals surface area contributed by atoms with Crippen molar-refractivity contribution in [1.82, 2.24) is 0 Å². The molecule has 0 spiro atoms. The molecule has 2 atom stereocenters. The van der Waals surface area contributed by atoms with Crippen LogP contribution in [-0.2, 0) is 4.79 Å². The molecule has 0 aromatic rings. The lowest BCUT2D eigenvalue weighted by Crippen LogP contribution is -2.02. The fraction of sp³-hybridized carbons (Fsp3) is 0.857. The van der Waals surface area contributed by atoms with E-state index in [1.807, 2.05) is 0 Å². The Labute approximate surface area is 53.9 Å². The molecule has 2 fully saturated rings. The summed E-state index contributed by atoms with van der Waals surface area (Å²) >= 11 is 0. The van der Waals surface area contributed by atoms with Crippen LogP contribution >= 0.6 is 0 Å². The molecular formula is C7H10O2. The summed E-state index contributed by atoms with van der Waals surface area (Å²) in [5.74, 6) is 0.633. The maximum Gasteiger partial charge on any atom is 0.307 e. The highest BCUT2D eigenvalue weighted by Gasteiger charge is 2.56. The van der Waals surface area contributed by atoms with Crippen LogP contribution in [0.25, 0.3) is 0 Å². The molecule has 0 bridgehead atoms. The molecule has 0 heterocycles. The zero-order chi connectivity index (χ0) is 6.43. The van der Waals surface area contributed by atoms with Crippen molar-refractivity contribution in [2.24, 2.45) is 17.8 Å². The molecule has 50 valence electrons. The quantitative estimate of drug-likeness (QED) is 0.571. The average molecular weight is 126 g/mol. The van der Waals surface area contributed by atoms with Gasteiger partial charge in [0.15, 0.2) is 0 Å². The number of carbonyl (C=O) groups is 1. The Bertz CT molecular complexity index is 143. The minimum atomic E-state index is -0.565. The lowest BCUT2D eigenvalue weighted by Gasteiger charge is -1.93. The predicted octanol–water partition coefficient (Wildman–Crippen LogP) is 1.12. The van der Waals surface area contributed by atoms with Gasteiger partial charge in [0.2, 0.25) is 0 Å². The highest BCUT2D eigenvalue weighted by atomic mass is 16.4. The van der Waals surface area contributed by atoms with E-state index < -0.39 is 5.97 Å². The van der Waals surface area contributed by atoms with E-state index >= 15 is 0 Å². The third kappa shape index (κ3) is 0.590. The van der Waals surface area contributed by atoms with E-state index in [9.17, 15) is 4.79 Å². The Kier molecular flexibility index (Phi) is 0.875. The Hall–Kier alpha value is -0.530. The number of hydrogen-bond donors (Lipinski definition) is 1. The summed E-state index contributed by atoms with van der Waals surface area (Å²) in [5, 5.41) is 8.56. The maximum atomic E-state index is 10.4. The minimum absolute atomic E-state index is 0.0544. The highest BCUT2D eigenvalue weighted by molar-refractivity contribution is 5.74. The zero-order valence-corrected chi connectivity index (χ0v) is 5.21. The van der Waals surface area contributed by atoms with Crippen molar-refractivity contribution >= 4 is 5.97 Å². The number of carboxylic acid groups (broad SMARTS) is 1. The molecule has 2 saturated carbocycles. The van der Waals surface area contributed by atoms with Gasteiger partial charge >= 0.3 is 5.97 Å². The smallest absolute Gasteiger partial charge is 0.307 e. The first kappa shape index (κ1) is 5.27. The zero-order valence-electron chi connectivity index (χ0n) is 5.21. The molecule has 2 aliphatic rings. The third-order valence-corrected chi connectivity index (χ3v) is 2.69. The van der Waals surface area contributed by atoms with Gasteiger partial charge in [0.05, 0.1) is 5.92 Å². The van der Waals surface area contributed by atoms with Crippen LogP contribution in [-0.4, -0.2) is 11.1 Å². The fourth-order valence-electron chi connectivity index (χ4n) is 2.19. The van der Waals surface area contributed by atoms with Gasteiger partial charge in [0.1, 0.15) is 0 Å². The number of carboxylic acids is 1. The minimum Gasteiger partial charge on any atom is -0.481 e. The van der Waals surface area contributed by atoms with Crippen molar-refractivity contribution in [3.05, 3.63) is 0 Å². The van der Waals surface area contributed by atoms with Crippen LogP contribution in [0.2, 0.25) is 0 Å². The Morgan fingerprint density at radius 2 is 1.89 bits per heavy atom. The van der Waals surface area contributed by atoms with Crippen LogP contribution in [0.3, 0.4) is 0 Å². The van der Waals surface area contributed by atoms with E-state index in [0.717, 1.165) is 0 Å². The second-order valence-electron chi connectivity index (χ2n) is 3.12. The van der Waals surface area contributed by atoms with Crippen molar-refractivity contribution in [2.45, 2.75) is 19.3 Å². The molecule has 1 N–H and O–H groups in total. The predicted molar refractivity (Wildman–Crippen MR) is 32.0 cm³/mol. The molecule has 2 unspecified atom stereocenters. The van der Waals surface area contributed by atoms with E-state index in [2.05, 4.69) is 0 Å². The molecule has 9 heavy (non-hydrogen) atoms. The van der Waals surface area contributed by atoms with Gasteiger partial charge in [-0.15, -0.1) is 0 Å². The maximum absolute atomic E-state index is 10.4. The normalized spacial score (nSPS) is 46.4. The summed E-state index contributed by atoms with van der Waals surface area (Å²) in [4.78, 5) is 10.4. The van der Waals surface area contributed by atoms with E-state index in [1.165, 1.54) is 19.3 Å². The molecule has 0 aromatic heterocycles. The van der Waals surface area contributed by atoms with E-state index in [4.69, 9.17) is 5.11 Å². The summed E-state index contributed by atoms with van der Waals surface area (Å²) in [5.41, 5.74) is 0. The first-order valence-corrected chi connectivity index (χ1v) is 3.53. The summed E-state index contributed by atoms with van der Waals surface area (Å²) in [6, 6.07) is 0. The van der Waals surface area contributed by atoms with Crippen molar-refractivity contribution in [2.75, 3.05) is 0 Å². The third-order valence-electron chi connectivity index (χ3n) is 2.69. The van der Waals surface area contributed by atoms with Crippen LogP contribution < -0.4 is 0 Å². The van der Waals surface area contributed by atoms with E-state index in [1.54, 1.807) is 0 Å². The number of rotatable bonds is 1. The molecule has 2 aliphatic carbocycles. The van der Waals surface area contributed by atoms with Gasteiger partial charge in [-0.05, 0) is 24.7 Å². The Morgan fingerprint density at radius 1 is 1.33 bits per heavy atom. The molecule has 2 rings (SSSR count). The summed E-state index contributed by atoms with van der Waals surface area (Å²) in [6.07, 6.45) is 3.60. The average Bonchev–Trinajstić information content (AvgIpc) is 2.30. The summed E-state index contributed by atoms with van der Waals surface area (Å²) in [7, 11) is 0. The van der Waals surface area contributed by atoms with Crippen LogP contribution in [0.4, 0.5) is 0 Å². The molecule has 2 heteroatoms. The number of fused-ring (bicyclic) bond motifs is 1. The second-order valence-corrected chi connectivity index (χ2v) is 3.12. The fourth-order valence-corrected chi connectivity index (χ4v) is 2.19. The molecule has 0 aliphatic heterocycles. The van der Waals surface area contributed by atoms with Crippen molar-refractivity contribution < 1.29 is 9.90 Å². The van der Waals surface area contributed by atoms with Gasteiger partial charge in [-0.2, -0.15) is 0 Å². The lowest BCUT2D eigenvalue weighted by molar-refractivity contribution is -0.139. The van der Waals surface area contributed by atoms with Crippen LogP contribution in [0.5, 0.6) is 0 Å². The van der Waals surface area contributed by atoms with E-state index in [0.29, 0.717) is 11.8 Å². The molecule has 2 nitrogen and oxygen atoms in total. The molecule has 0 saturated heterocycles. The van der Waals surface area contributed by atoms with Gasteiger partial charge in [0, 0.05) is 0 Å². The number of aliphatic carboxylic acids is 1. The first-order valence-electron chi connectivity index (χ1n) is 3.53. The second kappa shape index (κ2) is 1.49. The molecule has 0 radical (unpaired) electrons. The number of hydrogen-bond acceptors (Lipinski definition) is 1. The molecule has 0 amide bonds. The van der Waals surface area contributed by atoms with Crippen molar-refractivity contribution in [3.63, 3.8) is 0 Å². The largest absolute Gasteiger partial charge is 0.481 e. The van der Waals surface area contributed by atoms with Crippen molar-refractivity contribution in [3.8, 4) is 0 Å². The van der Waals surface area contributed by atoms with E-state index in [-0.39, 0.29) is 5.92 Å². The highest BCUT2D eigenvalue weighted by Crippen LogP contribution is 2.57. The van der Waals surface area contributed by atoms with Gasteiger partial charge in [0.25, 0.3) is 0 Å². The van der Waals surface area contributed by atoms with Gasteiger partial charge < -0.3 is 5.11 Å². The lowest BCUT2D eigenvalue weighted by atomic mass is 10.1. The van der Waals surface area contributed by atoms with Crippen LogP contribution in [0, 0.1) is 17.8 Å². The monoisotopic (exact) mass is 126 g/mol. The molecular weight excluding hydrogens is 116 g/mol. The SMILES string of the molecule is O=C(O)C1C2CCCC21. The Balaban J connectivity index is 2.02. The summed E-state index contributed by atoms with van der Waals surface area (Å²) < 4.78 is 0. The van der Waals surface area contributed by atoms with Crippen molar-refractivity contribution in [1.29, 1.82) is 0 Å². The standard InChI is InChI=1S/C7H10O2/c8-7(9)6-4-2-1-3-5(4)6/h4-6H,1-3H2,(H,8,9). The van der Waals surface area contributed by atoms with Gasteiger partial charge in [-0.3, -0.25) is 4.79 Å². The first-order chi connectivity index (χ1) is 4.30. The van der Waals surface area contributed by atoms with Crippen LogP contribution in [0.1, 0.15) is 19.3 Å². The van der Waals surface area contributed by atoms with Gasteiger partial charge in [-0.1, -0.05) is 6.42 Å².